The highest BCUT2D eigenvalue weighted by atomic mass is 16.5. The van der Waals surface area contributed by atoms with Crippen LogP contribution in [0.2, 0.25) is 0 Å². The summed E-state index contributed by atoms with van der Waals surface area (Å²) in [5.41, 5.74) is 0. The predicted molar refractivity (Wildman–Crippen MR) is 65.4 cm³/mol. The zero-order valence-electron chi connectivity index (χ0n) is 10.8. The number of ether oxygens (including phenoxy) is 1. The summed E-state index contributed by atoms with van der Waals surface area (Å²) in [6.45, 7) is 2.06. The third-order valence-corrected chi connectivity index (χ3v) is 2.36. The normalized spacial score (nSPS) is 13.7. The molecule has 0 rings (SSSR count). The predicted octanol–water partition coefficient (Wildman–Crippen LogP) is -0.0637. The van der Waals surface area contributed by atoms with E-state index in [1.54, 1.807) is 0 Å². The van der Waals surface area contributed by atoms with E-state index in [9.17, 15) is 9.59 Å². The highest BCUT2D eigenvalue weighted by Crippen LogP contribution is 1.98. The van der Waals surface area contributed by atoms with Crippen molar-refractivity contribution in [1.29, 1.82) is 0 Å². The van der Waals surface area contributed by atoms with E-state index in [2.05, 4.69) is 10.6 Å². The summed E-state index contributed by atoms with van der Waals surface area (Å²) in [5.74, 6) is -1.17. The largest absolute Gasteiger partial charge is 0.480 e. The molecule has 0 aromatic heterocycles. The average molecular weight is 262 g/mol. The van der Waals surface area contributed by atoms with Crippen molar-refractivity contribution >= 4 is 12.0 Å². The average Bonchev–Trinajstić information content (AvgIpc) is 2.29. The van der Waals surface area contributed by atoms with Crippen LogP contribution >= 0.6 is 0 Å². The maximum Gasteiger partial charge on any atom is 0.326 e. The number of aliphatic hydroxyl groups excluding tert-OH is 1. The number of methoxy groups -OCH3 is 1. The van der Waals surface area contributed by atoms with Crippen LogP contribution in [-0.2, 0) is 9.53 Å². The van der Waals surface area contributed by atoms with Crippen LogP contribution in [0.1, 0.15) is 26.2 Å². The molecule has 0 saturated heterocycles. The second-order valence-electron chi connectivity index (χ2n) is 3.96. The quantitative estimate of drug-likeness (QED) is 0.465. The summed E-state index contributed by atoms with van der Waals surface area (Å²) in [6, 6.07) is -1.80. The van der Waals surface area contributed by atoms with Gasteiger partial charge in [-0.3, -0.25) is 0 Å². The zero-order chi connectivity index (χ0) is 14.0. The number of rotatable bonds is 9. The molecule has 18 heavy (non-hydrogen) atoms. The molecular formula is C11H22N2O5. The Morgan fingerprint density at radius 2 is 1.94 bits per heavy atom. The zero-order valence-corrected chi connectivity index (χ0v) is 10.8. The maximum atomic E-state index is 11.6. The molecule has 0 aliphatic rings. The standard InChI is InChI=1S/C11H22N2O5/c1-3-4-8(7-18-2)12-11(17)13-9(5-6-14)10(15)16/h8-9,14H,3-7H2,1-2H3,(H,15,16)(H2,12,13,17). The van der Waals surface area contributed by atoms with Crippen molar-refractivity contribution in [3.05, 3.63) is 0 Å². The molecule has 0 radical (unpaired) electrons. The van der Waals surface area contributed by atoms with E-state index in [0.717, 1.165) is 12.8 Å². The summed E-state index contributed by atoms with van der Waals surface area (Å²) >= 11 is 0. The number of carbonyl (C=O) groups is 2. The number of carbonyl (C=O) groups excluding carboxylic acids is 1. The Balaban J connectivity index is 4.23. The second kappa shape index (κ2) is 9.67. The molecular weight excluding hydrogens is 240 g/mol. The van der Waals surface area contributed by atoms with Crippen molar-refractivity contribution in [2.75, 3.05) is 20.3 Å². The molecule has 0 fully saturated rings. The first-order chi connectivity index (χ1) is 8.54. The number of urea groups is 1. The lowest BCUT2D eigenvalue weighted by Gasteiger charge is -2.19. The third-order valence-electron chi connectivity index (χ3n) is 2.36. The van der Waals surface area contributed by atoms with Crippen LogP contribution < -0.4 is 10.6 Å². The highest BCUT2D eigenvalue weighted by Gasteiger charge is 2.20. The van der Waals surface area contributed by atoms with Gasteiger partial charge in [-0.05, 0) is 6.42 Å². The second-order valence-corrected chi connectivity index (χ2v) is 3.96. The molecule has 2 unspecified atom stereocenters. The van der Waals surface area contributed by atoms with Crippen LogP contribution in [0.5, 0.6) is 0 Å². The van der Waals surface area contributed by atoms with Crippen molar-refractivity contribution in [2.45, 2.75) is 38.3 Å². The monoisotopic (exact) mass is 262 g/mol. The van der Waals surface area contributed by atoms with Gasteiger partial charge in [0.2, 0.25) is 0 Å². The number of carboxylic acids is 1. The molecule has 106 valence electrons. The number of hydrogen-bond donors (Lipinski definition) is 4. The fourth-order valence-electron chi connectivity index (χ4n) is 1.52. The molecule has 0 bridgehead atoms. The third kappa shape index (κ3) is 7.08. The molecule has 0 aliphatic heterocycles. The Morgan fingerprint density at radius 1 is 1.28 bits per heavy atom. The fraction of sp³-hybridized carbons (Fsp3) is 0.818. The number of amides is 2. The molecule has 0 aromatic carbocycles. The lowest BCUT2D eigenvalue weighted by molar-refractivity contribution is -0.139. The molecule has 4 N–H and O–H groups in total. The van der Waals surface area contributed by atoms with Gasteiger partial charge in [0.25, 0.3) is 0 Å². The summed E-state index contributed by atoms with van der Waals surface area (Å²) < 4.78 is 4.96. The molecule has 7 heteroatoms. The van der Waals surface area contributed by atoms with E-state index in [-0.39, 0.29) is 19.1 Å². The Labute approximate surface area is 107 Å². The molecule has 2 amide bonds. The van der Waals surface area contributed by atoms with Gasteiger partial charge in [-0.25, -0.2) is 9.59 Å². The van der Waals surface area contributed by atoms with Gasteiger partial charge < -0.3 is 25.6 Å². The summed E-state index contributed by atoms with van der Waals surface area (Å²) in [7, 11) is 1.54. The van der Waals surface area contributed by atoms with Crippen molar-refractivity contribution in [3.63, 3.8) is 0 Å². The van der Waals surface area contributed by atoms with Crippen molar-refractivity contribution < 1.29 is 24.5 Å². The summed E-state index contributed by atoms with van der Waals surface area (Å²) in [6.07, 6.45) is 1.61. The minimum Gasteiger partial charge on any atom is -0.480 e. The van der Waals surface area contributed by atoms with Crippen LogP contribution in [0.25, 0.3) is 0 Å². The minimum atomic E-state index is -1.17. The Bertz CT molecular complexity index is 254. The maximum absolute atomic E-state index is 11.6. The van der Waals surface area contributed by atoms with Crippen LogP contribution in [0.15, 0.2) is 0 Å². The van der Waals surface area contributed by atoms with E-state index in [0.29, 0.717) is 6.61 Å². The van der Waals surface area contributed by atoms with Gasteiger partial charge in [0.05, 0.1) is 12.6 Å². The van der Waals surface area contributed by atoms with E-state index in [4.69, 9.17) is 14.9 Å². The Morgan fingerprint density at radius 3 is 2.39 bits per heavy atom. The number of hydrogen-bond acceptors (Lipinski definition) is 4. The molecule has 2 atom stereocenters. The van der Waals surface area contributed by atoms with Gasteiger partial charge in [-0.1, -0.05) is 13.3 Å². The van der Waals surface area contributed by atoms with Gasteiger partial charge in [-0.2, -0.15) is 0 Å². The van der Waals surface area contributed by atoms with E-state index >= 15 is 0 Å². The van der Waals surface area contributed by atoms with Crippen LogP contribution in [0, 0.1) is 0 Å². The molecule has 0 heterocycles. The molecule has 0 spiro atoms. The summed E-state index contributed by atoms with van der Waals surface area (Å²) in [4.78, 5) is 22.4. The van der Waals surface area contributed by atoms with Gasteiger partial charge in [0.1, 0.15) is 6.04 Å². The van der Waals surface area contributed by atoms with Gasteiger partial charge in [-0.15, -0.1) is 0 Å². The number of carboxylic acid groups (broad SMARTS) is 1. The van der Waals surface area contributed by atoms with E-state index < -0.39 is 18.0 Å². The topological polar surface area (TPSA) is 108 Å². The summed E-state index contributed by atoms with van der Waals surface area (Å²) in [5, 5.41) is 22.5. The SMILES string of the molecule is CCCC(COC)NC(=O)NC(CCO)C(=O)O. The Kier molecular flexibility index (Phi) is 8.95. The van der Waals surface area contributed by atoms with Crippen LogP contribution in [-0.4, -0.2) is 54.6 Å². The van der Waals surface area contributed by atoms with E-state index in [1.807, 2.05) is 6.92 Å². The van der Waals surface area contributed by atoms with Gasteiger partial charge in [0.15, 0.2) is 0 Å². The van der Waals surface area contributed by atoms with Crippen LogP contribution in [0.4, 0.5) is 4.79 Å². The van der Waals surface area contributed by atoms with Crippen molar-refractivity contribution in [3.8, 4) is 0 Å². The number of nitrogens with one attached hydrogen (secondary N) is 2. The Hall–Kier alpha value is -1.34. The molecule has 0 aromatic rings. The van der Waals surface area contributed by atoms with Gasteiger partial charge in [0, 0.05) is 20.1 Å². The number of aliphatic hydroxyl groups is 1. The molecule has 7 nitrogen and oxygen atoms in total. The number of aliphatic carboxylic acids is 1. The first-order valence-electron chi connectivity index (χ1n) is 5.94. The lowest BCUT2D eigenvalue weighted by Crippen LogP contribution is -2.50. The van der Waals surface area contributed by atoms with Crippen molar-refractivity contribution in [2.24, 2.45) is 0 Å². The van der Waals surface area contributed by atoms with Gasteiger partial charge >= 0.3 is 12.0 Å². The fourth-order valence-corrected chi connectivity index (χ4v) is 1.52. The highest BCUT2D eigenvalue weighted by molar-refractivity contribution is 5.82. The van der Waals surface area contributed by atoms with Crippen LogP contribution in [0.3, 0.4) is 0 Å². The van der Waals surface area contributed by atoms with E-state index in [1.165, 1.54) is 7.11 Å². The molecule has 0 saturated carbocycles. The first-order valence-corrected chi connectivity index (χ1v) is 5.94. The molecule has 0 aliphatic carbocycles. The lowest BCUT2D eigenvalue weighted by atomic mass is 10.2. The minimum absolute atomic E-state index is 0.0223. The smallest absolute Gasteiger partial charge is 0.326 e. The first kappa shape index (κ1) is 16.7. The van der Waals surface area contributed by atoms with Crippen molar-refractivity contribution in [1.82, 2.24) is 10.6 Å².